The van der Waals surface area contributed by atoms with E-state index in [1.54, 1.807) is 12.1 Å². The molecule has 3 aromatic rings. The third-order valence-corrected chi connectivity index (χ3v) is 4.19. The fourth-order valence-corrected chi connectivity index (χ4v) is 2.66. The van der Waals surface area contributed by atoms with E-state index in [9.17, 15) is 9.59 Å². The van der Waals surface area contributed by atoms with Crippen molar-refractivity contribution in [1.82, 2.24) is 5.43 Å². The molecule has 0 saturated heterocycles. The number of hydrogen-bond acceptors (Lipinski definition) is 4. The number of carbonyl (C=O) groups excluding carboxylic acids is 2. The smallest absolute Gasteiger partial charge is 0.240 e. The molecule has 30 heavy (non-hydrogen) atoms. The lowest BCUT2D eigenvalue weighted by atomic mass is 10.2. The fraction of sp³-hybridized carbons (Fsp3) is 0.125. The van der Waals surface area contributed by atoms with Gasteiger partial charge in [0.25, 0.3) is 0 Å². The first-order valence-electron chi connectivity index (χ1n) is 9.63. The van der Waals surface area contributed by atoms with E-state index in [4.69, 9.17) is 4.74 Å². The van der Waals surface area contributed by atoms with Crippen molar-refractivity contribution in [2.45, 2.75) is 19.4 Å². The number of anilines is 1. The van der Waals surface area contributed by atoms with Crippen LogP contribution >= 0.6 is 0 Å². The van der Waals surface area contributed by atoms with E-state index >= 15 is 0 Å². The Morgan fingerprint density at radius 2 is 1.43 bits per heavy atom. The Balaban J connectivity index is 1.45. The van der Waals surface area contributed by atoms with Gasteiger partial charge in [-0.3, -0.25) is 9.59 Å². The monoisotopic (exact) mass is 401 g/mol. The summed E-state index contributed by atoms with van der Waals surface area (Å²) in [4.78, 5) is 23.8. The molecule has 0 atom stereocenters. The van der Waals surface area contributed by atoms with E-state index in [0.29, 0.717) is 18.0 Å². The highest BCUT2D eigenvalue weighted by Gasteiger charge is 2.07. The van der Waals surface area contributed by atoms with Crippen molar-refractivity contribution in [3.05, 3.63) is 96.1 Å². The number of nitrogens with zero attached hydrogens (tertiary/aromatic N) is 1. The summed E-state index contributed by atoms with van der Waals surface area (Å²) >= 11 is 0. The van der Waals surface area contributed by atoms with Gasteiger partial charge in [0.2, 0.25) is 11.8 Å². The van der Waals surface area contributed by atoms with Crippen LogP contribution in [0.2, 0.25) is 0 Å². The van der Waals surface area contributed by atoms with Crippen molar-refractivity contribution in [3.63, 3.8) is 0 Å². The van der Waals surface area contributed by atoms with Gasteiger partial charge >= 0.3 is 0 Å². The summed E-state index contributed by atoms with van der Waals surface area (Å²) in [6, 6.07) is 26.4. The van der Waals surface area contributed by atoms with E-state index in [1.165, 1.54) is 6.21 Å². The quantitative estimate of drug-likeness (QED) is 0.418. The second-order valence-corrected chi connectivity index (χ2v) is 6.52. The van der Waals surface area contributed by atoms with Crippen LogP contribution in [0.25, 0.3) is 0 Å². The first kappa shape index (κ1) is 20.8. The molecule has 3 rings (SSSR count). The molecule has 0 fully saturated rings. The Morgan fingerprint density at radius 1 is 0.800 bits per heavy atom. The molecule has 0 bridgehead atoms. The van der Waals surface area contributed by atoms with Gasteiger partial charge in [0, 0.05) is 24.1 Å². The standard InChI is InChI=1S/C24H23N3O3/c28-23(26-21-12-5-2-6-13-21)15-16-24(29)27-25-17-20-11-7-8-14-22(20)30-18-19-9-3-1-4-10-19/h1-14,17H,15-16,18H2,(H,26,28)(H,27,29)/b25-17-. The van der Waals surface area contributed by atoms with Crippen LogP contribution in [0, 0.1) is 0 Å². The van der Waals surface area contributed by atoms with Crippen LogP contribution < -0.4 is 15.5 Å². The Labute approximate surface area is 175 Å². The van der Waals surface area contributed by atoms with Crippen LogP contribution in [0.15, 0.2) is 90.0 Å². The van der Waals surface area contributed by atoms with E-state index in [-0.39, 0.29) is 24.7 Å². The number of rotatable bonds is 9. The normalized spacial score (nSPS) is 10.5. The molecule has 2 N–H and O–H groups in total. The minimum absolute atomic E-state index is 0.0438. The predicted molar refractivity (Wildman–Crippen MR) is 117 cm³/mol. The Hall–Kier alpha value is -3.93. The number of carbonyl (C=O) groups is 2. The number of hydrogen-bond donors (Lipinski definition) is 2. The van der Waals surface area contributed by atoms with Crippen LogP contribution in [0.1, 0.15) is 24.0 Å². The molecule has 3 aromatic carbocycles. The molecule has 6 heteroatoms. The SMILES string of the molecule is O=C(CCC(=O)Nc1ccccc1)N/N=C\c1ccccc1OCc1ccccc1. The summed E-state index contributed by atoms with van der Waals surface area (Å²) in [6.45, 7) is 0.439. The molecule has 0 aliphatic carbocycles. The summed E-state index contributed by atoms with van der Waals surface area (Å²) in [5.74, 6) is 0.110. The van der Waals surface area contributed by atoms with E-state index in [2.05, 4.69) is 15.8 Å². The molecule has 0 aromatic heterocycles. The number of ether oxygens (including phenoxy) is 1. The Morgan fingerprint density at radius 3 is 2.20 bits per heavy atom. The predicted octanol–water partition coefficient (Wildman–Crippen LogP) is 4.13. The van der Waals surface area contributed by atoms with Crippen LogP contribution in [-0.2, 0) is 16.2 Å². The highest BCUT2D eigenvalue weighted by atomic mass is 16.5. The second-order valence-electron chi connectivity index (χ2n) is 6.52. The average Bonchev–Trinajstić information content (AvgIpc) is 2.78. The molecular weight excluding hydrogens is 378 g/mol. The van der Waals surface area contributed by atoms with Gasteiger partial charge < -0.3 is 10.1 Å². The number of hydrazone groups is 1. The van der Waals surface area contributed by atoms with Crippen molar-refractivity contribution < 1.29 is 14.3 Å². The number of benzene rings is 3. The van der Waals surface area contributed by atoms with Gasteiger partial charge in [0.15, 0.2) is 0 Å². The van der Waals surface area contributed by atoms with E-state index < -0.39 is 0 Å². The minimum Gasteiger partial charge on any atom is -0.488 e. The van der Waals surface area contributed by atoms with Crippen LogP contribution in [-0.4, -0.2) is 18.0 Å². The maximum Gasteiger partial charge on any atom is 0.240 e. The molecule has 0 spiro atoms. The topological polar surface area (TPSA) is 79.8 Å². The lowest BCUT2D eigenvalue weighted by Gasteiger charge is -2.09. The largest absolute Gasteiger partial charge is 0.488 e. The zero-order valence-corrected chi connectivity index (χ0v) is 16.5. The summed E-state index contributed by atoms with van der Waals surface area (Å²) in [6.07, 6.45) is 1.65. The van der Waals surface area contributed by atoms with Crippen LogP contribution in [0.4, 0.5) is 5.69 Å². The Bertz CT molecular complexity index is 989. The molecule has 0 aliphatic heterocycles. The van der Waals surface area contributed by atoms with Crippen LogP contribution in [0.3, 0.4) is 0 Å². The molecule has 0 saturated carbocycles. The number of nitrogens with one attached hydrogen (secondary N) is 2. The molecule has 152 valence electrons. The summed E-state index contributed by atoms with van der Waals surface area (Å²) in [5.41, 5.74) is 4.96. The van der Waals surface area contributed by atoms with Gasteiger partial charge in [-0.15, -0.1) is 0 Å². The van der Waals surface area contributed by atoms with Gasteiger partial charge in [-0.05, 0) is 29.8 Å². The fourth-order valence-electron chi connectivity index (χ4n) is 2.66. The third-order valence-electron chi connectivity index (χ3n) is 4.19. The molecule has 2 amide bonds. The third kappa shape index (κ3) is 6.91. The highest BCUT2D eigenvalue weighted by molar-refractivity contribution is 5.93. The molecule has 0 unspecified atom stereocenters. The van der Waals surface area contributed by atoms with Crippen molar-refractivity contribution in [2.24, 2.45) is 5.10 Å². The van der Waals surface area contributed by atoms with Crippen molar-refractivity contribution in [3.8, 4) is 5.75 Å². The second kappa shape index (κ2) is 11.2. The van der Waals surface area contributed by atoms with Gasteiger partial charge in [-0.25, -0.2) is 5.43 Å². The van der Waals surface area contributed by atoms with E-state index in [0.717, 1.165) is 11.1 Å². The summed E-state index contributed by atoms with van der Waals surface area (Å²) in [5, 5.41) is 6.72. The molecular formula is C24H23N3O3. The lowest BCUT2D eigenvalue weighted by Crippen LogP contribution is -2.20. The maximum absolute atomic E-state index is 11.9. The zero-order valence-electron chi connectivity index (χ0n) is 16.5. The maximum atomic E-state index is 11.9. The van der Waals surface area contributed by atoms with Crippen LogP contribution in [0.5, 0.6) is 5.75 Å². The van der Waals surface area contributed by atoms with E-state index in [1.807, 2.05) is 72.8 Å². The average molecular weight is 401 g/mol. The first-order valence-corrected chi connectivity index (χ1v) is 9.63. The van der Waals surface area contributed by atoms with Gasteiger partial charge in [0.05, 0.1) is 6.21 Å². The number of amides is 2. The van der Waals surface area contributed by atoms with Gasteiger partial charge in [-0.2, -0.15) is 5.10 Å². The molecule has 0 aliphatic rings. The zero-order chi connectivity index (χ0) is 21.0. The lowest BCUT2D eigenvalue weighted by molar-refractivity contribution is -0.124. The minimum atomic E-state index is -0.336. The molecule has 0 radical (unpaired) electrons. The van der Waals surface area contributed by atoms with Gasteiger partial charge in [-0.1, -0.05) is 60.7 Å². The molecule has 0 heterocycles. The van der Waals surface area contributed by atoms with Crippen molar-refractivity contribution in [1.29, 1.82) is 0 Å². The molecule has 6 nitrogen and oxygen atoms in total. The summed E-state index contributed by atoms with van der Waals surface area (Å²) in [7, 11) is 0. The number of para-hydroxylation sites is 2. The summed E-state index contributed by atoms with van der Waals surface area (Å²) < 4.78 is 5.86. The Kier molecular flexibility index (Phi) is 7.74. The highest BCUT2D eigenvalue weighted by Crippen LogP contribution is 2.17. The van der Waals surface area contributed by atoms with Crippen molar-refractivity contribution >= 4 is 23.7 Å². The van der Waals surface area contributed by atoms with Crippen molar-refractivity contribution in [2.75, 3.05) is 5.32 Å². The van der Waals surface area contributed by atoms with Gasteiger partial charge in [0.1, 0.15) is 12.4 Å². The first-order chi connectivity index (χ1) is 14.7.